The number of hydrazine groups is 1. The molecule has 2 aromatic carbocycles. The van der Waals surface area contributed by atoms with Crippen LogP contribution in [-0.2, 0) is 11.2 Å². The van der Waals surface area contributed by atoms with Crippen molar-refractivity contribution in [3.63, 3.8) is 0 Å². The number of benzene rings is 2. The predicted octanol–water partition coefficient (Wildman–Crippen LogP) is 3.84. The number of nitrogens with one attached hydrogen (secondary N) is 2. The van der Waals surface area contributed by atoms with E-state index in [0.717, 1.165) is 5.56 Å². The largest absolute Gasteiger partial charge is 0.339 e. The number of aromatic nitrogens is 2. The first kappa shape index (κ1) is 20.0. The van der Waals surface area contributed by atoms with Crippen molar-refractivity contribution in [2.45, 2.75) is 32.6 Å². The van der Waals surface area contributed by atoms with E-state index in [1.54, 1.807) is 12.1 Å². The monoisotopic (exact) mass is 395 g/mol. The number of hydrogen-bond donors (Lipinski definition) is 2. The van der Waals surface area contributed by atoms with Crippen LogP contribution in [0.3, 0.4) is 0 Å². The van der Waals surface area contributed by atoms with Crippen LogP contribution in [0.2, 0.25) is 0 Å². The summed E-state index contributed by atoms with van der Waals surface area (Å²) in [7, 11) is 0. The van der Waals surface area contributed by atoms with E-state index < -0.39 is 4.92 Å². The second-order valence-corrected chi connectivity index (χ2v) is 6.74. The average molecular weight is 395 g/mol. The summed E-state index contributed by atoms with van der Waals surface area (Å²) >= 11 is 0. The normalized spacial score (nSPS) is 10.7. The summed E-state index contributed by atoms with van der Waals surface area (Å²) in [6, 6.07) is 14.0. The number of rotatable bonds is 8. The smallest absolute Gasteiger partial charge is 0.294 e. The Morgan fingerprint density at radius 3 is 2.59 bits per heavy atom. The van der Waals surface area contributed by atoms with Crippen LogP contribution < -0.4 is 10.9 Å². The lowest BCUT2D eigenvalue weighted by Gasteiger charge is -2.08. The predicted molar refractivity (Wildman–Crippen MR) is 107 cm³/mol. The molecular weight excluding hydrogens is 374 g/mol. The van der Waals surface area contributed by atoms with Crippen molar-refractivity contribution >= 4 is 17.3 Å². The van der Waals surface area contributed by atoms with E-state index in [9.17, 15) is 14.9 Å². The summed E-state index contributed by atoms with van der Waals surface area (Å²) in [4.78, 5) is 26.8. The summed E-state index contributed by atoms with van der Waals surface area (Å²) in [5, 5.41) is 14.9. The Kier molecular flexibility index (Phi) is 6.18. The third kappa shape index (κ3) is 5.16. The molecule has 0 spiro atoms. The molecular formula is C20H21N5O4. The molecule has 0 saturated carbocycles. The highest BCUT2D eigenvalue weighted by Gasteiger charge is 2.14. The zero-order valence-electron chi connectivity index (χ0n) is 16.1. The van der Waals surface area contributed by atoms with Crippen LogP contribution in [0.15, 0.2) is 53.1 Å². The van der Waals surface area contributed by atoms with Gasteiger partial charge < -0.3 is 4.52 Å². The minimum absolute atomic E-state index is 0.0849. The fraction of sp³-hybridized carbons (Fsp3) is 0.250. The Bertz CT molecular complexity index is 998. The fourth-order valence-corrected chi connectivity index (χ4v) is 2.65. The molecule has 29 heavy (non-hydrogen) atoms. The Morgan fingerprint density at radius 2 is 1.90 bits per heavy atom. The molecule has 0 fully saturated rings. The first-order chi connectivity index (χ1) is 13.9. The van der Waals surface area contributed by atoms with Gasteiger partial charge in [0.1, 0.15) is 5.69 Å². The maximum absolute atomic E-state index is 12.0. The van der Waals surface area contributed by atoms with Gasteiger partial charge in [-0.25, -0.2) is 0 Å². The molecule has 0 aliphatic carbocycles. The van der Waals surface area contributed by atoms with Gasteiger partial charge in [-0.15, -0.1) is 0 Å². The molecule has 0 radical (unpaired) electrons. The van der Waals surface area contributed by atoms with E-state index in [1.165, 1.54) is 17.7 Å². The third-order valence-electron chi connectivity index (χ3n) is 4.31. The molecule has 0 atom stereocenters. The topological polar surface area (TPSA) is 123 Å². The molecule has 0 aliphatic heterocycles. The van der Waals surface area contributed by atoms with Gasteiger partial charge in [0.15, 0.2) is 0 Å². The Balaban J connectivity index is 1.53. The Morgan fingerprint density at radius 1 is 1.17 bits per heavy atom. The molecule has 150 valence electrons. The van der Waals surface area contributed by atoms with Gasteiger partial charge in [-0.05, 0) is 17.5 Å². The summed E-state index contributed by atoms with van der Waals surface area (Å²) in [5.74, 6) is 0.890. The van der Waals surface area contributed by atoms with E-state index in [0.29, 0.717) is 17.6 Å². The van der Waals surface area contributed by atoms with Crippen molar-refractivity contribution in [3.05, 3.63) is 70.1 Å². The molecule has 9 nitrogen and oxygen atoms in total. The molecule has 1 heterocycles. The van der Waals surface area contributed by atoms with Crippen LogP contribution in [0, 0.1) is 10.1 Å². The number of nitrogens with zero attached hydrogens (tertiary/aromatic N) is 3. The number of anilines is 1. The van der Waals surface area contributed by atoms with Crippen molar-refractivity contribution in [1.82, 2.24) is 15.6 Å². The number of carbonyl (C=O) groups is 1. The summed E-state index contributed by atoms with van der Waals surface area (Å²) in [5.41, 5.74) is 7.14. The number of hydrogen-bond acceptors (Lipinski definition) is 7. The fourth-order valence-electron chi connectivity index (χ4n) is 2.65. The molecule has 0 unspecified atom stereocenters. The van der Waals surface area contributed by atoms with Crippen LogP contribution in [0.5, 0.6) is 0 Å². The molecule has 9 heteroatoms. The first-order valence-corrected chi connectivity index (χ1v) is 9.15. The first-order valence-electron chi connectivity index (χ1n) is 9.15. The van der Waals surface area contributed by atoms with Gasteiger partial charge in [-0.1, -0.05) is 55.4 Å². The number of nitro benzene ring substituents is 1. The summed E-state index contributed by atoms with van der Waals surface area (Å²) < 4.78 is 5.21. The molecule has 1 aromatic heterocycles. The van der Waals surface area contributed by atoms with E-state index in [1.807, 2.05) is 24.3 Å². The number of aryl methyl sites for hydroxylation is 1. The molecule has 0 aliphatic rings. The van der Waals surface area contributed by atoms with Gasteiger partial charge in [-0.2, -0.15) is 4.98 Å². The van der Waals surface area contributed by atoms with Gasteiger partial charge in [0.2, 0.25) is 17.6 Å². The standard InChI is InChI=1S/C20H21N5O4/c1-13(2)14-7-9-15(10-8-14)20-21-19(29-24-20)12-11-18(26)23-22-16-5-3-4-6-17(16)25(27)28/h3-10,13,22H,11-12H2,1-2H3,(H,23,26). The summed E-state index contributed by atoms with van der Waals surface area (Å²) in [6.45, 7) is 4.24. The van der Waals surface area contributed by atoms with E-state index >= 15 is 0 Å². The van der Waals surface area contributed by atoms with Crippen LogP contribution in [0.4, 0.5) is 11.4 Å². The zero-order valence-corrected chi connectivity index (χ0v) is 16.1. The van der Waals surface area contributed by atoms with Gasteiger partial charge in [0.25, 0.3) is 5.69 Å². The van der Waals surface area contributed by atoms with E-state index in [-0.39, 0.29) is 30.1 Å². The molecule has 2 N–H and O–H groups in total. The van der Waals surface area contributed by atoms with Crippen LogP contribution in [0.25, 0.3) is 11.4 Å². The van der Waals surface area contributed by atoms with Gasteiger partial charge in [0.05, 0.1) is 4.92 Å². The Hall–Kier alpha value is -3.75. The number of para-hydroxylation sites is 2. The SMILES string of the molecule is CC(C)c1ccc(-c2noc(CCC(=O)NNc3ccccc3[N+](=O)[O-])n2)cc1. The van der Waals surface area contributed by atoms with Crippen molar-refractivity contribution in [2.75, 3.05) is 5.43 Å². The van der Waals surface area contributed by atoms with Crippen molar-refractivity contribution in [3.8, 4) is 11.4 Å². The van der Waals surface area contributed by atoms with Gasteiger partial charge in [0, 0.05) is 24.5 Å². The summed E-state index contributed by atoms with van der Waals surface area (Å²) in [6.07, 6.45) is 0.336. The van der Waals surface area contributed by atoms with E-state index in [2.05, 4.69) is 34.8 Å². The van der Waals surface area contributed by atoms with E-state index in [4.69, 9.17) is 4.52 Å². The quantitative estimate of drug-likeness (QED) is 0.439. The second kappa shape index (κ2) is 8.96. The maximum Gasteiger partial charge on any atom is 0.294 e. The lowest BCUT2D eigenvalue weighted by molar-refractivity contribution is -0.384. The maximum atomic E-state index is 12.0. The van der Waals surface area contributed by atoms with Crippen molar-refractivity contribution in [1.29, 1.82) is 0 Å². The highest BCUT2D eigenvalue weighted by Crippen LogP contribution is 2.22. The molecule has 1 amide bonds. The third-order valence-corrected chi connectivity index (χ3v) is 4.31. The highest BCUT2D eigenvalue weighted by atomic mass is 16.6. The van der Waals surface area contributed by atoms with Crippen molar-refractivity contribution < 1.29 is 14.2 Å². The lowest BCUT2D eigenvalue weighted by atomic mass is 10.0. The van der Waals surface area contributed by atoms with Crippen molar-refractivity contribution in [2.24, 2.45) is 0 Å². The van der Waals surface area contributed by atoms with Gasteiger partial charge in [-0.3, -0.25) is 25.8 Å². The Labute approximate surface area is 167 Å². The molecule has 0 saturated heterocycles. The molecule has 3 aromatic rings. The number of nitro groups is 1. The molecule has 0 bridgehead atoms. The number of amides is 1. The lowest BCUT2D eigenvalue weighted by Crippen LogP contribution is -2.29. The number of carbonyl (C=O) groups excluding carboxylic acids is 1. The highest BCUT2D eigenvalue weighted by molar-refractivity contribution is 5.78. The average Bonchev–Trinajstić information content (AvgIpc) is 3.20. The zero-order chi connectivity index (χ0) is 20.8. The van der Waals surface area contributed by atoms with Crippen LogP contribution in [-0.4, -0.2) is 21.0 Å². The minimum Gasteiger partial charge on any atom is -0.339 e. The molecule has 3 rings (SSSR count). The van der Waals surface area contributed by atoms with Gasteiger partial charge >= 0.3 is 0 Å². The second-order valence-electron chi connectivity index (χ2n) is 6.74. The minimum atomic E-state index is -0.526. The van der Waals surface area contributed by atoms with Crippen LogP contribution >= 0.6 is 0 Å². The van der Waals surface area contributed by atoms with Crippen LogP contribution in [0.1, 0.15) is 37.6 Å².